The Kier molecular flexibility index (Phi) is 4.67. The number of pyridine rings is 1. The fourth-order valence-corrected chi connectivity index (χ4v) is 3.53. The molecule has 4 rings (SSSR count). The summed E-state index contributed by atoms with van der Waals surface area (Å²) in [6.45, 7) is 8.36. The summed E-state index contributed by atoms with van der Waals surface area (Å²) >= 11 is 0. The SMILES string of the molecule is Cc1cccc(-c2nnc([C@@H](C)[NH+]3CCN(c4cccc[nH+]4)CC3)o2)c1. The van der Waals surface area contributed by atoms with E-state index < -0.39 is 0 Å². The van der Waals surface area contributed by atoms with Crippen molar-refractivity contribution < 1.29 is 14.3 Å². The molecular formula is C20H25N5O+2. The molecule has 1 aliphatic rings. The molecule has 1 aromatic carbocycles. The van der Waals surface area contributed by atoms with Gasteiger partial charge in [-0.1, -0.05) is 23.8 Å². The summed E-state index contributed by atoms with van der Waals surface area (Å²) in [5, 5.41) is 8.58. The van der Waals surface area contributed by atoms with Crippen molar-refractivity contribution in [2.45, 2.75) is 19.9 Å². The lowest BCUT2D eigenvalue weighted by Crippen LogP contribution is -3.14. The van der Waals surface area contributed by atoms with Crippen molar-refractivity contribution >= 4 is 5.82 Å². The predicted octanol–water partition coefficient (Wildman–Crippen LogP) is 1.33. The minimum absolute atomic E-state index is 0.197. The van der Waals surface area contributed by atoms with Crippen molar-refractivity contribution in [3.8, 4) is 11.5 Å². The van der Waals surface area contributed by atoms with E-state index in [-0.39, 0.29) is 6.04 Å². The topological polar surface area (TPSA) is 60.7 Å². The van der Waals surface area contributed by atoms with Crippen LogP contribution < -0.4 is 14.8 Å². The van der Waals surface area contributed by atoms with Gasteiger partial charge in [-0.2, -0.15) is 0 Å². The number of hydrogen-bond donors (Lipinski definition) is 1. The Balaban J connectivity index is 1.42. The number of H-pyrrole nitrogens is 1. The monoisotopic (exact) mass is 351 g/mol. The molecule has 134 valence electrons. The number of aryl methyl sites for hydroxylation is 1. The highest BCUT2D eigenvalue weighted by molar-refractivity contribution is 5.53. The maximum absolute atomic E-state index is 5.99. The quantitative estimate of drug-likeness (QED) is 0.770. The van der Waals surface area contributed by atoms with Crippen LogP contribution in [0.15, 0.2) is 53.1 Å². The minimum Gasteiger partial charge on any atom is -0.415 e. The standard InChI is InChI=1S/C20H23N5O/c1-15-6-5-7-17(14-15)20-23-22-19(26-20)16(2)24-10-12-25(13-11-24)18-8-3-4-9-21-18/h3-9,14,16H,10-13H2,1-2H3/p+2/t16-/m1/s1. The van der Waals surface area contributed by atoms with Crippen molar-refractivity contribution in [3.05, 3.63) is 60.1 Å². The van der Waals surface area contributed by atoms with E-state index in [0.717, 1.165) is 37.6 Å². The number of benzene rings is 1. The van der Waals surface area contributed by atoms with Crippen LogP contribution >= 0.6 is 0 Å². The lowest BCUT2D eigenvalue weighted by Gasteiger charge is -2.30. The normalized spacial score (nSPS) is 16.6. The lowest BCUT2D eigenvalue weighted by molar-refractivity contribution is -0.931. The summed E-state index contributed by atoms with van der Waals surface area (Å²) in [6.07, 6.45) is 1.97. The summed E-state index contributed by atoms with van der Waals surface area (Å²) in [6, 6.07) is 14.6. The van der Waals surface area contributed by atoms with Crippen LogP contribution in [0.3, 0.4) is 0 Å². The molecule has 2 aromatic heterocycles. The molecule has 1 saturated heterocycles. The molecule has 6 heteroatoms. The average Bonchev–Trinajstić information content (AvgIpc) is 3.18. The molecule has 6 nitrogen and oxygen atoms in total. The molecule has 3 aromatic rings. The van der Waals surface area contributed by atoms with Crippen LogP contribution in [-0.2, 0) is 0 Å². The Morgan fingerprint density at radius 1 is 1.12 bits per heavy atom. The minimum atomic E-state index is 0.197. The van der Waals surface area contributed by atoms with Crippen molar-refractivity contribution in [1.29, 1.82) is 0 Å². The number of piperazine rings is 1. The molecular weight excluding hydrogens is 326 g/mol. The van der Waals surface area contributed by atoms with Crippen molar-refractivity contribution in [2.24, 2.45) is 0 Å². The summed E-state index contributed by atoms with van der Waals surface area (Å²) in [4.78, 5) is 7.19. The maximum Gasteiger partial charge on any atom is 0.274 e. The summed E-state index contributed by atoms with van der Waals surface area (Å²) in [5.74, 6) is 2.50. The van der Waals surface area contributed by atoms with Crippen LogP contribution in [0.25, 0.3) is 11.5 Å². The molecule has 0 unspecified atom stereocenters. The Labute approximate surface area is 153 Å². The average molecular weight is 351 g/mol. The van der Waals surface area contributed by atoms with E-state index in [1.54, 1.807) is 0 Å². The molecule has 26 heavy (non-hydrogen) atoms. The molecule has 0 saturated carbocycles. The third-order valence-electron chi connectivity index (χ3n) is 5.13. The molecule has 1 aliphatic heterocycles. The van der Waals surface area contributed by atoms with E-state index >= 15 is 0 Å². The summed E-state index contributed by atoms with van der Waals surface area (Å²) < 4.78 is 5.99. The van der Waals surface area contributed by atoms with E-state index in [1.165, 1.54) is 16.3 Å². The Hall–Kier alpha value is -2.73. The highest BCUT2D eigenvalue weighted by atomic mass is 16.4. The van der Waals surface area contributed by atoms with Crippen LogP contribution in [0, 0.1) is 6.92 Å². The number of rotatable bonds is 4. The highest BCUT2D eigenvalue weighted by Crippen LogP contribution is 2.20. The molecule has 2 N–H and O–H groups in total. The second kappa shape index (κ2) is 7.25. The number of anilines is 1. The zero-order valence-electron chi connectivity index (χ0n) is 15.3. The van der Waals surface area contributed by atoms with E-state index in [1.807, 2.05) is 24.4 Å². The Morgan fingerprint density at radius 2 is 1.96 bits per heavy atom. The molecule has 0 amide bonds. The second-order valence-electron chi connectivity index (χ2n) is 6.93. The second-order valence-corrected chi connectivity index (χ2v) is 6.93. The molecule has 0 radical (unpaired) electrons. The van der Waals surface area contributed by atoms with Crippen molar-refractivity contribution in [3.63, 3.8) is 0 Å². The molecule has 1 atom stereocenters. The van der Waals surface area contributed by atoms with Gasteiger partial charge in [-0.15, -0.1) is 10.2 Å². The highest BCUT2D eigenvalue weighted by Gasteiger charge is 2.32. The first-order valence-corrected chi connectivity index (χ1v) is 9.17. The number of nitrogens with one attached hydrogen (secondary N) is 2. The van der Waals surface area contributed by atoms with E-state index in [2.05, 4.69) is 58.2 Å². The first-order chi connectivity index (χ1) is 12.7. The number of aromatic amines is 1. The molecule has 3 heterocycles. The van der Waals surface area contributed by atoms with E-state index in [4.69, 9.17) is 4.42 Å². The van der Waals surface area contributed by atoms with Gasteiger partial charge < -0.3 is 9.32 Å². The van der Waals surface area contributed by atoms with Gasteiger partial charge in [0.2, 0.25) is 5.89 Å². The van der Waals surface area contributed by atoms with Crippen LogP contribution in [-0.4, -0.2) is 36.4 Å². The van der Waals surface area contributed by atoms with Gasteiger partial charge in [0.1, 0.15) is 26.2 Å². The number of nitrogens with zero attached hydrogens (tertiary/aromatic N) is 3. The van der Waals surface area contributed by atoms with Gasteiger partial charge in [-0.25, -0.2) is 4.98 Å². The number of aromatic nitrogens is 3. The maximum atomic E-state index is 5.99. The van der Waals surface area contributed by atoms with Crippen LogP contribution in [0.1, 0.15) is 24.4 Å². The number of quaternary nitrogens is 1. The smallest absolute Gasteiger partial charge is 0.274 e. The van der Waals surface area contributed by atoms with Gasteiger partial charge in [0.25, 0.3) is 11.7 Å². The third-order valence-corrected chi connectivity index (χ3v) is 5.13. The first-order valence-electron chi connectivity index (χ1n) is 9.17. The van der Waals surface area contributed by atoms with Gasteiger partial charge in [-0.3, -0.25) is 4.90 Å². The van der Waals surface area contributed by atoms with Gasteiger partial charge >= 0.3 is 0 Å². The lowest BCUT2D eigenvalue weighted by atomic mass is 10.1. The predicted molar refractivity (Wildman–Crippen MR) is 98.8 cm³/mol. The zero-order chi connectivity index (χ0) is 17.9. The number of hydrogen-bond acceptors (Lipinski definition) is 4. The third kappa shape index (κ3) is 3.46. The van der Waals surface area contributed by atoms with Crippen LogP contribution in [0.5, 0.6) is 0 Å². The van der Waals surface area contributed by atoms with Gasteiger partial charge in [0.15, 0.2) is 6.04 Å². The molecule has 0 spiro atoms. The molecule has 0 bridgehead atoms. The zero-order valence-corrected chi connectivity index (χ0v) is 15.3. The molecule has 1 fully saturated rings. The van der Waals surface area contributed by atoms with E-state index in [0.29, 0.717) is 5.89 Å². The Morgan fingerprint density at radius 3 is 2.69 bits per heavy atom. The van der Waals surface area contributed by atoms with Crippen LogP contribution in [0.2, 0.25) is 0 Å². The molecule has 0 aliphatic carbocycles. The summed E-state index contributed by atoms with van der Waals surface area (Å²) in [5.41, 5.74) is 2.17. The first kappa shape index (κ1) is 16.7. The Bertz CT molecular complexity index is 855. The largest absolute Gasteiger partial charge is 0.415 e. The van der Waals surface area contributed by atoms with Gasteiger partial charge in [0.05, 0.1) is 6.20 Å². The van der Waals surface area contributed by atoms with Gasteiger partial charge in [0, 0.05) is 11.6 Å². The fraction of sp³-hybridized carbons (Fsp3) is 0.350. The van der Waals surface area contributed by atoms with E-state index in [9.17, 15) is 0 Å². The van der Waals surface area contributed by atoms with Gasteiger partial charge in [-0.05, 0) is 32.0 Å². The fourth-order valence-electron chi connectivity index (χ4n) is 3.53. The summed E-state index contributed by atoms with van der Waals surface area (Å²) in [7, 11) is 0. The van der Waals surface area contributed by atoms with Crippen LogP contribution in [0.4, 0.5) is 5.82 Å². The van der Waals surface area contributed by atoms with Crippen molar-refractivity contribution in [1.82, 2.24) is 10.2 Å². The van der Waals surface area contributed by atoms with Crippen molar-refractivity contribution in [2.75, 3.05) is 31.1 Å².